The van der Waals surface area contributed by atoms with Gasteiger partial charge in [0.15, 0.2) is 5.82 Å². The summed E-state index contributed by atoms with van der Waals surface area (Å²) in [4.78, 5) is 4.01. The third kappa shape index (κ3) is 5.48. The molecule has 3 aromatic rings. The van der Waals surface area contributed by atoms with Crippen molar-refractivity contribution < 1.29 is 16.8 Å². The summed E-state index contributed by atoms with van der Waals surface area (Å²) in [5.74, 6) is -0.425. The number of aromatic nitrogens is 3. The number of nitrogens with two attached hydrogens (primary N) is 1. The average molecular weight is 506 g/mol. The fourth-order valence-electron chi connectivity index (χ4n) is 3.21. The van der Waals surface area contributed by atoms with Crippen molar-refractivity contribution in [2.75, 3.05) is 5.73 Å². The molecule has 0 amide bonds. The second kappa shape index (κ2) is 8.79. The van der Waals surface area contributed by atoms with E-state index >= 15 is 0 Å². The van der Waals surface area contributed by atoms with Crippen molar-refractivity contribution in [1.82, 2.24) is 18.9 Å². The van der Waals surface area contributed by atoms with Crippen LogP contribution in [0.4, 0.5) is 5.95 Å². The molecule has 0 bridgehead atoms. The number of nitrogens with zero attached hydrogens (tertiary/aromatic N) is 3. The molecule has 0 radical (unpaired) electrons. The van der Waals surface area contributed by atoms with Crippen LogP contribution in [0.3, 0.4) is 0 Å². The lowest BCUT2D eigenvalue weighted by Crippen LogP contribution is -2.24. The Morgan fingerprint density at radius 1 is 0.794 bits per heavy atom. The van der Waals surface area contributed by atoms with Gasteiger partial charge in [-0.05, 0) is 46.2 Å². The Morgan fingerprint density at radius 2 is 1.24 bits per heavy atom. The third-order valence-corrected chi connectivity index (χ3v) is 8.35. The Kier molecular flexibility index (Phi) is 6.68. The quantitative estimate of drug-likeness (QED) is 0.525. The summed E-state index contributed by atoms with van der Waals surface area (Å²) >= 11 is 0. The molecule has 0 aliphatic rings. The van der Waals surface area contributed by atoms with Crippen LogP contribution in [0, 0.1) is 0 Å². The Bertz CT molecular complexity index is 1380. The van der Waals surface area contributed by atoms with Crippen LogP contribution in [-0.4, -0.2) is 31.0 Å². The molecular weight excluding hydrogens is 474 g/mol. The monoisotopic (exact) mass is 505 g/mol. The van der Waals surface area contributed by atoms with Gasteiger partial charge < -0.3 is 5.73 Å². The Balaban J connectivity index is 1.79. The summed E-state index contributed by atoms with van der Waals surface area (Å²) in [6, 6.07) is 13.0. The van der Waals surface area contributed by atoms with Crippen molar-refractivity contribution in [3.63, 3.8) is 0 Å². The van der Waals surface area contributed by atoms with Crippen molar-refractivity contribution >= 4 is 26.0 Å². The lowest BCUT2D eigenvalue weighted by molar-refractivity contribution is 0.574. The Morgan fingerprint density at radius 3 is 1.68 bits per heavy atom. The van der Waals surface area contributed by atoms with Gasteiger partial charge in [0.2, 0.25) is 16.0 Å². The van der Waals surface area contributed by atoms with Gasteiger partial charge in [0, 0.05) is 0 Å². The summed E-state index contributed by atoms with van der Waals surface area (Å²) < 4.78 is 54.3. The van der Waals surface area contributed by atoms with Crippen LogP contribution in [0.15, 0.2) is 58.3 Å². The molecule has 0 saturated heterocycles. The minimum absolute atomic E-state index is 0.00293. The van der Waals surface area contributed by atoms with Gasteiger partial charge in [0.25, 0.3) is 10.0 Å². The zero-order valence-corrected chi connectivity index (χ0v) is 21.8. The molecule has 0 fully saturated rings. The molecule has 0 unspecified atom stereocenters. The maximum absolute atomic E-state index is 13.0. The number of rotatable bonds is 6. The van der Waals surface area contributed by atoms with E-state index in [4.69, 9.17) is 5.73 Å². The summed E-state index contributed by atoms with van der Waals surface area (Å²) in [7, 11) is -7.96. The lowest BCUT2D eigenvalue weighted by Gasteiger charge is -2.19. The van der Waals surface area contributed by atoms with Gasteiger partial charge >= 0.3 is 0 Å². The second-order valence-electron chi connectivity index (χ2n) is 10.1. The largest absolute Gasteiger partial charge is 0.367 e. The highest BCUT2D eigenvalue weighted by Crippen LogP contribution is 2.25. The highest BCUT2D eigenvalue weighted by Gasteiger charge is 2.25. The van der Waals surface area contributed by atoms with Crippen LogP contribution < -0.4 is 10.5 Å². The Hall–Kier alpha value is -2.76. The Labute approximate surface area is 201 Å². The fraction of sp³-hybridized carbons (Fsp3) is 0.391. The number of hydrogen-bond donors (Lipinski definition) is 2. The van der Waals surface area contributed by atoms with Crippen molar-refractivity contribution in [3.8, 4) is 0 Å². The van der Waals surface area contributed by atoms with Crippen LogP contribution in [-0.2, 0) is 37.4 Å². The first-order valence-electron chi connectivity index (χ1n) is 10.7. The molecule has 0 spiro atoms. The number of nitrogen functional groups attached to an aromatic ring is 1. The standard InChI is InChI=1S/C23H31N5O4S2/c1-22(2,3)16-7-11-18(12-8-16)33(29,30)25-15-20-26-21(24)28(27-20)34(31,32)19-13-9-17(10-14-19)23(4,5)6/h7-14,25H,15H2,1-6H3,(H2,24,26,27). The third-order valence-electron chi connectivity index (χ3n) is 5.34. The number of nitrogens with one attached hydrogen (secondary N) is 1. The summed E-state index contributed by atoms with van der Waals surface area (Å²) in [6.07, 6.45) is 0. The van der Waals surface area contributed by atoms with Crippen LogP contribution in [0.25, 0.3) is 0 Å². The van der Waals surface area contributed by atoms with Crippen molar-refractivity contribution in [3.05, 3.63) is 65.5 Å². The number of sulfonamides is 1. The molecule has 3 rings (SSSR count). The van der Waals surface area contributed by atoms with Gasteiger partial charge in [-0.1, -0.05) is 65.8 Å². The van der Waals surface area contributed by atoms with Gasteiger partial charge in [-0.2, -0.15) is 13.4 Å². The van der Waals surface area contributed by atoms with Gasteiger partial charge in [0.05, 0.1) is 16.3 Å². The second-order valence-corrected chi connectivity index (χ2v) is 13.6. The first-order valence-corrected chi connectivity index (χ1v) is 13.6. The maximum atomic E-state index is 13.0. The van der Waals surface area contributed by atoms with E-state index < -0.39 is 20.0 Å². The molecule has 1 heterocycles. The molecule has 34 heavy (non-hydrogen) atoms. The van der Waals surface area contributed by atoms with E-state index in [9.17, 15) is 16.8 Å². The van der Waals surface area contributed by atoms with Crippen LogP contribution in [0.1, 0.15) is 58.5 Å². The summed E-state index contributed by atoms with van der Waals surface area (Å²) in [5, 5.41) is 3.94. The highest BCUT2D eigenvalue weighted by atomic mass is 32.2. The number of hydrogen-bond acceptors (Lipinski definition) is 7. The predicted molar refractivity (Wildman–Crippen MR) is 131 cm³/mol. The summed E-state index contributed by atoms with van der Waals surface area (Å²) in [6.45, 7) is 11.9. The number of anilines is 1. The smallest absolute Gasteiger partial charge is 0.286 e. The van der Waals surface area contributed by atoms with Gasteiger partial charge in [0.1, 0.15) is 0 Å². The van der Waals surface area contributed by atoms with Gasteiger partial charge in [-0.25, -0.2) is 13.1 Å². The highest BCUT2D eigenvalue weighted by molar-refractivity contribution is 7.90. The molecule has 3 N–H and O–H groups in total. The SMILES string of the molecule is CC(C)(C)c1ccc(S(=O)(=O)NCc2nc(N)n(S(=O)(=O)c3ccc(C(C)(C)C)cc3)n2)cc1. The van der Waals surface area contributed by atoms with Crippen LogP contribution in [0.2, 0.25) is 0 Å². The van der Waals surface area contributed by atoms with E-state index in [2.05, 4.69) is 14.8 Å². The van der Waals surface area contributed by atoms with Crippen LogP contribution >= 0.6 is 0 Å². The zero-order chi connectivity index (χ0) is 25.5. The van der Waals surface area contributed by atoms with Crippen LogP contribution in [0.5, 0.6) is 0 Å². The molecule has 184 valence electrons. The maximum Gasteiger partial charge on any atom is 0.286 e. The first-order chi connectivity index (χ1) is 15.5. The molecule has 0 atom stereocenters. The predicted octanol–water partition coefficient (Wildman–Crippen LogP) is 3.17. The zero-order valence-electron chi connectivity index (χ0n) is 20.2. The van der Waals surface area contributed by atoms with Crippen molar-refractivity contribution in [1.29, 1.82) is 0 Å². The van der Waals surface area contributed by atoms with Gasteiger partial charge in [-0.15, -0.1) is 9.19 Å². The lowest BCUT2D eigenvalue weighted by atomic mass is 9.87. The van der Waals surface area contributed by atoms with E-state index in [1.807, 2.05) is 41.5 Å². The summed E-state index contributed by atoms with van der Waals surface area (Å²) in [5.41, 5.74) is 7.54. The van der Waals surface area contributed by atoms with Crippen molar-refractivity contribution in [2.24, 2.45) is 0 Å². The minimum Gasteiger partial charge on any atom is -0.367 e. The average Bonchev–Trinajstić information content (AvgIpc) is 3.13. The molecule has 0 aliphatic carbocycles. The van der Waals surface area contributed by atoms with E-state index in [0.29, 0.717) is 4.09 Å². The molecular formula is C23H31N5O4S2. The molecule has 11 heteroatoms. The van der Waals surface area contributed by atoms with E-state index in [1.165, 1.54) is 24.3 Å². The molecule has 2 aromatic carbocycles. The molecule has 1 aromatic heterocycles. The van der Waals surface area contributed by atoms with E-state index in [1.54, 1.807) is 24.3 Å². The molecule has 9 nitrogen and oxygen atoms in total. The number of benzene rings is 2. The fourth-order valence-corrected chi connectivity index (χ4v) is 5.36. The topological polar surface area (TPSA) is 137 Å². The van der Waals surface area contributed by atoms with Crippen molar-refractivity contribution in [2.45, 2.75) is 68.7 Å². The van der Waals surface area contributed by atoms with E-state index in [0.717, 1.165) is 11.1 Å². The van der Waals surface area contributed by atoms with Gasteiger partial charge in [-0.3, -0.25) is 0 Å². The minimum atomic E-state index is -4.09. The first kappa shape index (κ1) is 25.9. The van der Waals surface area contributed by atoms with E-state index in [-0.39, 0.29) is 38.9 Å². The molecule has 0 aliphatic heterocycles. The molecule has 0 saturated carbocycles. The normalized spacial score (nSPS) is 13.2.